The number of nitrogens with one attached hydrogen (secondary N) is 2. The van der Waals surface area contributed by atoms with E-state index in [9.17, 15) is 18.0 Å². The van der Waals surface area contributed by atoms with E-state index < -0.39 is 15.9 Å². The highest BCUT2D eigenvalue weighted by Gasteiger charge is 2.29. The van der Waals surface area contributed by atoms with Gasteiger partial charge in [0.1, 0.15) is 5.75 Å². The maximum atomic E-state index is 12.7. The molecule has 9 nitrogen and oxygen atoms in total. The van der Waals surface area contributed by atoms with Gasteiger partial charge in [-0.2, -0.15) is 4.31 Å². The maximum Gasteiger partial charge on any atom is 0.255 e. The van der Waals surface area contributed by atoms with E-state index in [2.05, 4.69) is 15.6 Å². The quantitative estimate of drug-likeness (QED) is 0.553. The number of pyridine rings is 1. The first-order chi connectivity index (χ1) is 15.8. The Morgan fingerprint density at radius 1 is 1.06 bits per heavy atom. The third-order valence-electron chi connectivity index (χ3n) is 4.79. The number of sulfonamides is 1. The van der Waals surface area contributed by atoms with Crippen LogP contribution in [0.15, 0.2) is 71.8 Å². The van der Waals surface area contributed by atoms with Crippen LogP contribution in [0.25, 0.3) is 0 Å². The number of piperazine rings is 1. The van der Waals surface area contributed by atoms with Crippen molar-refractivity contribution in [3.05, 3.63) is 77.4 Å². The van der Waals surface area contributed by atoms with Gasteiger partial charge in [-0.1, -0.05) is 11.6 Å². The van der Waals surface area contributed by atoms with Crippen LogP contribution in [0, 0.1) is 0 Å². The van der Waals surface area contributed by atoms with Gasteiger partial charge < -0.3 is 15.4 Å². The SMILES string of the molecule is O=C1CN(S(=O)(=O)c2ccc(C(=O)Nc3ccc(Oc4ccc(Cl)cc4)nc3)cc2)CCN1. The molecular formula is C22H19ClN4O5S. The molecule has 0 unspecified atom stereocenters. The molecule has 1 aliphatic rings. The monoisotopic (exact) mass is 486 g/mol. The van der Waals surface area contributed by atoms with Crippen molar-refractivity contribution < 1.29 is 22.7 Å². The van der Waals surface area contributed by atoms with Crippen LogP contribution in [0.5, 0.6) is 11.6 Å². The number of amides is 2. The molecule has 3 aromatic rings. The average molecular weight is 487 g/mol. The molecule has 170 valence electrons. The van der Waals surface area contributed by atoms with Crippen LogP contribution >= 0.6 is 11.6 Å². The fourth-order valence-corrected chi connectivity index (χ4v) is 4.61. The Balaban J connectivity index is 1.39. The number of nitrogens with zero attached hydrogens (tertiary/aromatic N) is 2. The number of carbonyl (C=O) groups excluding carboxylic acids is 2. The van der Waals surface area contributed by atoms with Crippen LogP contribution in [0.3, 0.4) is 0 Å². The third kappa shape index (κ3) is 5.48. The molecule has 2 N–H and O–H groups in total. The number of hydrogen-bond acceptors (Lipinski definition) is 6. The van der Waals surface area contributed by atoms with E-state index >= 15 is 0 Å². The number of anilines is 1. The predicted octanol–water partition coefficient (Wildman–Crippen LogP) is 2.90. The largest absolute Gasteiger partial charge is 0.439 e. The highest BCUT2D eigenvalue weighted by atomic mass is 35.5. The highest BCUT2D eigenvalue weighted by molar-refractivity contribution is 7.89. The molecule has 0 saturated carbocycles. The topological polar surface area (TPSA) is 118 Å². The van der Waals surface area contributed by atoms with Crippen molar-refractivity contribution in [2.75, 3.05) is 25.0 Å². The summed E-state index contributed by atoms with van der Waals surface area (Å²) in [4.78, 5) is 28.2. The zero-order valence-corrected chi connectivity index (χ0v) is 18.8. The molecule has 0 aliphatic carbocycles. The molecule has 0 bridgehead atoms. The van der Waals surface area contributed by atoms with Gasteiger partial charge in [0, 0.05) is 29.7 Å². The summed E-state index contributed by atoms with van der Waals surface area (Å²) < 4.78 is 32.1. The average Bonchev–Trinajstić information content (AvgIpc) is 2.82. The summed E-state index contributed by atoms with van der Waals surface area (Å²) >= 11 is 5.85. The number of halogens is 1. The van der Waals surface area contributed by atoms with E-state index in [1.54, 1.807) is 36.4 Å². The van der Waals surface area contributed by atoms with Crippen LogP contribution in [0.4, 0.5) is 5.69 Å². The molecule has 1 aromatic heterocycles. The first-order valence-electron chi connectivity index (χ1n) is 9.89. The summed E-state index contributed by atoms with van der Waals surface area (Å²) in [6, 6.07) is 15.6. The maximum absolute atomic E-state index is 12.7. The van der Waals surface area contributed by atoms with Gasteiger partial charge in [0.2, 0.25) is 21.8 Å². The summed E-state index contributed by atoms with van der Waals surface area (Å²) in [6.45, 7) is 0.229. The van der Waals surface area contributed by atoms with Crippen LogP contribution < -0.4 is 15.4 Å². The molecule has 11 heteroatoms. The van der Waals surface area contributed by atoms with E-state index in [1.165, 1.54) is 30.5 Å². The van der Waals surface area contributed by atoms with Crippen LogP contribution in [-0.4, -0.2) is 49.2 Å². The van der Waals surface area contributed by atoms with Crippen molar-refractivity contribution in [2.45, 2.75) is 4.90 Å². The molecule has 2 heterocycles. The first kappa shape index (κ1) is 22.7. The predicted molar refractivity (Wildman–Crippen MR) is 122 cm³/mol. The van der Waals surface area contributed by atoms with E-state index in [0.29, 0.717) is 22.3 Å². The summed E-state index contributed by atoms with van der Waals surface area (Å²) in [5.41, 5.74) is 0.714. The Morgan fingerprint density at radius 2 is 1.79 bits per heavy atom. The zero-order valence-electron chi connectivity index (χ0n) is 17.2. The zero-order chi connectivity index (χ0) is 23.4. The van der Waals surface area contributed by atoms with E-state index in [1.807, 2.05) is 0 Å². The van der Waals surface area contributed by atoms with Gasteiger partial charge in [0.05, 0.1) is 23.3 Å². The summed E-state index contributed by atoms with van der Waals surface area (Å²) in [7, 11) is -3.82. The second kappa shape index (κ2) is 9.57. The number of ether oxygens (including phenoxy) is 1. The summed E-state index contributed by atoms with van der Waals surface area (Å²) in [5, 5.41) is 5.88. The normalized spacial score (nSPS) is 14.4. The lowest BCUT2D eigenvalue weighted by molar-refractivity contribution is -0.122. The molecule has 0 radical (unpaired) electrons. The Labute approximate surface area is 195 Å². The minimum Gasteiger partial charge on any atom is -0.439 e. The van der Waals surface area contributed by atoms with Crippen LogP contribution in [0.1, 0.15) is 10.4 Å². The Hall–Kier alpha value is -3.47. The summed E-state index contributed by atoms with van der Waals surface area (Å²) in [5.74, 6) is 0.142. The molecule has 2 aromatic carbocycles. The molecule has 2 amide bonds. The second-order valence-corrected chi connectivity index (χ2v) is 9.48. The van der Waals surface area contributed by atoms with Crippen molar-refractivity contribution in [3.63, 3.8) is 0 Å². The molecule has 0 spiro atoms. The Bertz CT molecular complexity index is 1260. The van der Waals surface area contributed by atoms with Gasteiger partial charge >= 0.3 is 0 Å². The van der Waals surface area contributed by atoms with Gasteiger partial charge in [-0.25, -0.2) is 13.4 Å². The fraction of sp³-hybridized carbons (Fsp3) is 0.136. The lowest BCUT2D eigenvalue weighted by atomic mass is 10.2. The first-order valence-corrected chi connectivity index (χ1v) is 11.7. The Morgan fingerprint density at radius 3 is 2.42 bits per heavy atom. The van der Waals surface area contributed by atoms with Gasteiger partial charge in [-0.15, -0.1) is 0 Å². The fourth-order valence-electron chi connectivity index (χ4n) is 3.09. The van der Waals surface area contributed by atoms with Crippen molar-refractivity contribution in [1.29, 1.82) is 0 Å². The van der Waals surface area contributed by atoms with Crippen molar-refractivity contribution in [1.82, 2.24) is 14.6 Å². The van der Waals surface area contributed by atoms with Crippen LogP contribution in [-0.2, 0) is 14.8 Å². The second-order valence-electron chi connectivity index (χ2n) is 7.11. The number of hydrogen-bond donors (Lipinski definition) is 2. The summed E-state index contributed by atoms with van der Waals surface area (Å²) in [6.07, 6.45) is 1.45. The minimum atomic E-state index is -3.82. The number of carbonyl (C=O) groups is 2. The van der Waals surface area contributed by atoms with E-state index in [0.717, 1.165) is 4.31 Å². The molecular weight excluding hydrogens is 468 g/mol. The lowest BCUT2D eigenvalue weighted by Crippen LogP contribution is -2.49. The number of benzene rings is 2. The lowest BCUT2D eigenvalue weighted by Gasteiger charge is -2.25. The van der Waals surface area contributed by atoms with Crippen molar-refractivity contribution >= 4 is 39.1 Å². The third-order valence-corrected chi connectivity index (χ3v) is 6.90. The highest BCUT2D eigenvalue weighted by Crippen LogP contribution is 2.23. The molecule has 1 fully saturated rings. The van der Waals surface area contributed by atoms with Gasteiger partial charge in [-0.3, -0.25) is 9.59 Å². The smallest absolute Gasteiger partial charge is 0.255 e. The van der Waals surface area contributed by atoms with E-state index in [-0.39, 0.29) is 36.0 Å². The minimum absolute atomic E-state index is 0.0131. The molecule has 4 rings (SSSR count). The van der Waals surface area contributed by atoms with Gasteiger partial charge in [0.15, 0.2) is 0 Å². The standard InChI is InChI=1S/C22H19ClN4O5S/c23-16-3-6-18(7-4-16)32-21-10-5-17(13-25-21)26-22(29)15-1-8-19(9-2-15)33(30,31)27-12-11-24-20(28)14-27/h1-10,13H,11-12,14H2,(H,24,28)(H,26,29). The van der Waals surface area contributed by atoms with Gasteiger partial charge in [-0.05, 0) is 54.6 Å². The molecule has 0 atom stereocenters. The number of aromatic nitrogens is 1. The van der Waals surface area contributed by atoms with Crippen molar-refractivity contribution in [3.8, 4) is 11.6 Å². The van der Waals surface area contributed by atoms with Gasteiger partial charge in [0.25, 0.3) is 5.91 Å². The van der Waals surface area contributed by atoms with E-state index in [4.69, 9.17) is 16.3 Å². The molecule has 33 heavy (non-hydrogen) atoms. The number of rotatable bonds is 6. The Kier molecular flexibility index (Phi) is 6.59. The molecule has 1 aliphatic heterocycles. The molecule has 1 saturated heterocycles. The van der Waals surface area contributed by atoms with Crippen LogP contribution in [0.2, 0.25) is 5.02 Å². The van der Waals surface area contributed by atoms with Crippen molar-refractivity contribution in [2.24, 2.45) is 0 Å².